The van der Waals surface area contributed by atoms with Crippen LogP contribution in [0.5, 0.6) is 0 Å². The minimum Gasteiger partial charge on any atom is -0.387 e. The van der Waals surface area contributed by atoms with Gasteiger partial charge in [0.05, 0.1) is 11.8 Å². The Morgan fingerprint density at radius 3 is 2.88 bits per heavy atom. The van der Waals surface area contributed by atoms with Crippen molar-refractivity contribution in [2.75, 3.05) is 31.1 Å². The molecule has 0 saturated carbocycles. The Hall–Kier alpha value is -0.470. The van der Waals surface area contributed by atoms with Crippen LogP contribution in [0, 0.1) is 0 Å². The first kappa shape index (κ1) is 11.6. The van der Waals surface area contributed by atoms with Gasteiger partial charge in [0, 0.05) is 35.7 Å². The van der Waals surface area contributed by atoms with Crippen LogP contribution in [-0.2, 0) is 0 Å². The zero-order chi connectivity index (χ0) is 11.8. The van der Waals surface area contributed by atoms with Crippen molar-refractivity contribution in [3.05, 3.63) is 17.6 Å². The van der Waals surface area contributed by atoms with Crippen molar-refractivity contribution in [3.8, 4) is 0 Å². The van der Waals surface area contributed by atoms with E-state index in [1.165, 1.54) is 0 Å². The molecule has 0 radical (unpaired) electrons. The number of rotatable bonds is 1. The maximum Gasteiger partial charge on any atom is 0.136 e. The molecule has 2 atom stereocenters. The van der Waals surface area contributed by atoms with Gasteiger partial charge in [0.1, 0.15) is 12.1 Å². The van der Waals surface area contributed by atoms with Crippen LogP contribution in [0.15, 0.2) is 6.33 Å². The summed E-state index contributed by atoms with van der Waals surface area (Å²) in [5, 5.41) is 13.3. The maximum absolute atomic E-state index is 9.95. The highest BCUT2D eigenvalue weighted by atomic mass is 127. The molecule has 2 aliphatic rings. The third-order valence-corrected chi connectivity index (χ3v) is 4.50. The van der Waals surface area contributed by atoms with Gasteiger partial charge in [-0.2, -0.15) is 0 Å². The fourth-order valence-electron chi connectivity index (χ4n) is 2.52. The van der Waals surface area contributed by atoms with Gasteiger partial charge in [-0.05, 0) is 6.42 Å². The van der Waals surface area contributed by atoms with Crippen molar-refractivity contribution < 1.29 is 5.11 Å². The van der Waals surface area contributed by atoms with Gasteiger partial charge in [0.25, 0.3) is 0 Å². The fourth-order valence-corrected chi connectivity index (χ4v) is 3.60. The Labute approximate surface area is 114 Å². The molecule has 17 heavy (non-hydrogen) atoms. The number of nitrogens with one attached hydrogen (secondary N) is 1. The molecule has 1 aromatic heterocycles. The van der Waals surface area contributed by atoms with E-state index in [0.29, 0.717) is 3.92 Å². The average molecular weight is 346 g/mol. The average Bonchev–Trinajstić information content (AvgIpc) is 2.66. The second-order valence-electron chi connectivity index (χ2n) is 4.45. The highest BCUT2D eigenvalue weighted by molar-refractivity contribution is 14.1. The Bertz CT molecular complexity index is 422. The van der Waals surface area contributed by atoms with E-state index in [-0.39, 0.29) is 0 Å². The van der Waals surface area contributed by atoms with Gasteiger partial charge < -0.3 is 15.3 Å². The van der Waals surface area contributed by atoms with Crippen LogP contribution >= 0.6 is 22.6 Å². The molecule has 0 amide bonds. The summed E-state index contributed by atoms with van der Waals surface area (Å²) in [6, 6.07) is 0. The standard InChI is InChI=1S/C11H15IN4O/c12-7-5-8(17)10-9(7)11(15-6-14-10)16-3-1-13-2-4-16/h6-8,13,17H,1-5H2/t7-,8-/m1/s1. The third kappa shape index (κ3) is 2.02. The van der Waals surface area contributed by atoms with Crippen LogP contribution in [0.3, 0.4) is 0 Å². The first-order valence-electron chi connectivity index (χ1n) is 5.90. The summed E-state index contributed by atoms with van der Waals surface area (Å²) in [4.78, 5) is 11.0. The van der Waals surface area contributed by atoms with E-state index in [2.05, 4.69) is 42.8 Å². The van der Waals surface area contributed by atoms with Gasteiger partial charge in [-0.3, -0.25) is 0 Å². The molecule has 2 heterocycles. The number of nitrogens with zero attached hydrogens (tertiary/aromatic N) is 3. The second kappa shape index (κ2) is 4.66. The van der Waals surface area contributed by atoms with Crippen molar-refractivity contribution in [2.45, 2.75) is 16.4 Å². The Kier molecular flexibility index (Phi) is 3.18. The van der Waals surface area contributed by atoms with Crippen LogP contribution in [0.1, 0.15) is 27.7 Å². The van der Waals surface area contributed by atoms with Gasteiger partial charge in [-0.1, -0.05) is 22.6 Å². The molecule has 0 aromatic carbocycles. The lowest BCUT2D eigenvalue weighted by molar-refractivity contribution is 0.176. The predicted octanol–water partition coefficient (Wildman–Crippen LogP) is 0.799. The molecule has 3 rings (SSSR count). The first-order chi connectivity index (χ1) is 8.27. The summed E-state index contributed by atoms with van der Waals surface area (Å²) >= 11 is 2.38. The van der Waals surface area contributed by atoms with Crippen molar-refractivity contribution in [3.63, 3.8) is 0 Å². The summed E-state index contributed by atoms with van der Waals surface area (Å²) in [5.74, 6) is 1.02. The normalized spacial score (nSPS) is 28.2. The molecule has 1 fully saturated rings. The van der Waals surface area contributed by atoms with Crippen LogP contribution in [0.4, 0.5) is 5.82 Å². The highest BCUT2D eigenvalue weighted by Gasteiger charge is 2.34. The lowest BCUT2D eigenvalue weighted by Crippen LogP contribution is -2.44. The number of hydrogen-bond acceptors (Lipinski definition) is 5. The SMILES string of the molecule is O[C@@H]1C[C@@H](I)c2c1ncnc2N1CCNCC1. The number of aliphatic hydroxyl groups is 1. The molecular weight excluding hydrogens is 331 g/mol. The van der Waals surface area contributed by atoms with Crippen molar-refractivity contribution in [2.24, 2.45) is 0 Å². The lowest BCUT2D eigenvalue weighted by atomic mass is 10.2. The fraction of sp³-hybridized carbons (Fsp3) is 0.636. The second-order valence-corrected chi connectivity index (χ2v) is 5.96. The lowest BCUT2D eigenvalue weighted by Gasteiger charge is -2.30. The molecule has 1 aromatic rings. The molecule has 0 bridgehead atoms. The predicted molar refractivity (Wildman–Crippen MR) is 73.5 cm³/mol. The van der Waals surface area contributed by atoms with E-state index in [0.717, 1.165) is 49.7 Å². The quantitative estimate of drug-likeness (QED) is 0.582. The van der Waals surface area contributed by atoms with E-state index in [4.69, 9.17) is 0 Å². The van der Waals surface area contributed by atoms with Crippen molar-refractivity contribution >= 4 is 28.4 Å². The maximum atomic E-state index is 9.95. The molecule has 6 heteroatoms. The van der Waals surface area contributed by atoms with Gasteiger partial charge >= 0.3 is 0 Å². The molecule has 0 unspecified atom stereocenters. The molecule has 92 valence electrons. The molecule has 1 aliphatic heterocycles. The van der Waals surface area contributed by atoms with E-state index < -0.39 is 6.10 Å². The van der Waals surface area contributed by atoms with Gasteiger partial charge in [0.2, 0.25) is 0 Å². The third-order valence-electron chi connectivity index (χ3n) is 3.37. The summed E-state index contributed by atoms with van der Waals surface area (Å²) < 4.78 is 0.323. The number of anilines is 1. The number of alkyl halides is 1. The van der Waals surface area contributed by atoms with Crippen LogP contribution in [-0.4, -0.2) is 41.3 Å². The van der Waals surface area contributed by atoms with Gasteiger partial charge in [-0.25, -0.2) is 9.97 Å². The number of aromatic nitrogens is 2. The topological polar surface area (TPSA) is 61.3 Å². The summed E-state index contributed by atoms with van der Waals surface area (Å²) in [5.41, 5.74) is 1.97. The molecular formula is C11H15IN4O. The number of aliphatic hydroxyl groups excluding tert-OH is 1. The Morgan fingerprint density at radius 1 is 1.35 bits per heavy atom. The minimum absolute atomic E-state index is 0.323. The number of fused-ring (bicyclic) bond motifs is 1. The monoisotopic (exact) mass is 346 g/mol. The van der Waals surface area contributed by atoms with Crippen LogP contribution in [0.2, 0.25) is 0 Å². The Morgan fingerprint density at radius 2 is 2.12 bits per heavy atom. The van der Waals surface area contributed by atoms with Crippen molar-refractivity contribution in [1.29, 1.82) is 0 Å². The molecule has 5 nitrogen and oxygen atoms in total. The van der Waals surface area contributed by atoms with E-state index >= 15 is 0 Å². The molecule has 0 spiro atoms. The van der Waals surface area contributed by atoms with Crippen LogP contribution in [0.25, 0.3) is 0 Å². The van der Waals surface area contributed by atoms with E-state index in [1.807, 2.05) is 0 Å². The summed E-state index contributed by atoms with van der Waals surface area (Å²) in [6.07, 6.45) is 1.92. The van der Waals surface area contributed by atoms with Gasteiger partial charge in [0.15, 0.2) is 0 Å². The molecule has 2 N–H and O–H groups in total. The van der Waals surface area contributed by atoms with E-state index in [9.17, 15) is 5.11 Å². The summed E-state index contributed by atoms with van der Waals surface area (Å²) in [7, 11) is 0. The van der Waals surface area contributed by atoms with Gasteiger partial charge in [-0.15, -0.1) is 0 Å². The summed E-state index contributed by atoms with van der Waals surface area (Å²) in [6.45, 7) is 3.94. The molecule has 1 aliphatic carbocycles. The number of piperazine rings is 1. The first-order valence-corrected chi connectivity index (χ1v) is 7.14. The highest BCUT2D eigenvalue weighted by Crippen LogP contribution is 2.46. The minimum atomic E-state index is -0.420. The molecule has 1 saturated heterocycles. The number of halogens is 1. The largest absolute Gasteiger partial charge is 0.387 e. The van der Waals surface area contributed by atoms with Crippen LogP contribution < -0.4 is 10.2 Å². The number of hydrogen-bond donors (Lipinski definition) is 2. The van der Waals surface area contributed by atoms with Crippen molar-refractivity contribution in [1.82, 2.24) is 15.3 Å². The smallest absolute Gasteiger partial charge is 0.136 e. The zero-order valence-corrected chi connectivity index (χ0v) is 11.6. The van der Waals surface area contributed by atoms with E-state index in [1.54, 1.807) is 6.33 Å². The zero-order valence-electron chi connectivity index (χ0n) is 9.43. The Balaban J connectivity index is 2.00.